The van der Waals surface area contributed by atoms with Crippen molar-refractivity contribution in [1.82, 2.24) is 0 Å². The van der Waals surface area contributed by atoms with Crippen LogP contribution in [0.1, 0.15) is 32.3 Å². The summed E-state index contributed by atoms with van der Waals surface area (Å²) in [7, 11) is 0. The number of amides is 1. The van der Waals surface area contributed by atoms with Gasteiger partial charge >= 0.3 is 0 Å². The minimum Gasteiger partial charge on any atom is -0.325 e. The molecule has 0 fully saturated rings. The summed E-state index contributed by atoms with van der Waals surface area (Å²) in [6.07, 6.45) is 3.40. The zero-order valence-corrected chi connectivity index (χ0v) is 11.5. The van der Waals surface area contributed by atoms with E-state index < -0.39 is 0 Å². The Bertz CT molecular complexity index is 335. The molecule has 1 rings (SSSR count). The molecule has 94 valence electrons. The molecule has 0 unspecified atom stereocenters. The molecule has 0 atom stereocenters. The van der Waals surface area contributed by atoms with Crippen LogP contribution in [0, 0.1) is 0 Å². The molecule has 0 spiro atoms. The van der Waals surface area contributed by atoms with Crippen LogP contribution in [0.25, 0.3) is 0 Å². The molecule has 0 heterocycles. The second kappa shape index (κ2) is 8.18. The number of rotatable bonds is 7. The van der Waals surface area contributed by atoms with Crippen molar-refractivity contribution in [2.75, 3.05) is 16.8 Å². The summed E-state index contributed by atoms with van der Waals surface area (Å²) in [5.41, 5.74) is 2.18. The van der Waals surface area contributed by atoms with Gasteiger partial charge in [-0.1, -0.05) is 32.4 Å². The SMILES string of the molecule is CCCCSCC(=O)Nc1ccc(CC)cc1. The van der Waals surface area contributed by atoms with Crippen LogP contribution in [0.5, 0.6) is 0 Å². The van der Waals surface area contributed by atoms with Gasteiger partial charge in [0.05, 0.1) is 5.75 Å². The molecule has 0 aromatic heterocycles. The van der Waals surface area contributed by atoms with Crippen LogP contribution in [0.4, 0.5) is 5.69 Å². The Morgan fingerprint density at radius 1 is 1.24 bits per heavy atom. The van der Waals surface area contributed by atoms with Crippen LogP contribution in [0.15, 0.2) is 24.3 Å². The average Bonchev–Trinajstić information content (AvgIpc) is 2.36. The van der Waals surface area contributed by atoms with Gasteiger partial charge in [0.2, 0.25) is 5.91 Å². The first-order valence-electron chi connectivity index (χ1n) is 6.22. The molecule has 0 bridgehead atoms. The van der Waals surface area contributed by atoms with E-state index in [-0.39, 0.29) is 5.91 Å². The van der Waals surface area contributed by atoms with Crippen LogP contribution in [0.2, 0.25) is 0 Å². The normalized spacial score (nSPS) is 10.2. The zero-order valence-electron chi connectivity index (χ0n) is 10.7. The minimum atomic E-state index is 0.0929. The summed E-state index contributed by atoms with van der Waals surface area (Å²) in [6.45, 7) is 4.29. The fraction of sp³-hybridized carbons (Fsp3) is 0.500. The monoisotopic (exact) mass is 251 g/mol. The number of anilines is 1. The number of carbonyl (C=O) groups excluding carboxylic acids is 1. The lowest BCUT2D eigenvalue weighted by molar-refractivity contribution is -0.113. The molecular weight excluding hydrogens is 230 g/mol. The predicted molar refractivity (Wildman–Crippen MR) is 76.7 cm³/mol. The van der Waals surface area contributed by atoms with Gasteiger partial charge in [0, 0.05) is 5.69 Å². The maximum atomic E-state index is 11.6. The molecule has 0 aliphatic heterocycles. The number of hydrogen-bond donors (Lipinski definition) is 1. The van der Waals surface area contributed by atoms with Gasteiger partial charge in [-0.15, -0.1) is 0 Å². The summed E-state index contributed by atoms with van der Waals surface area (Å²) in [6, 6.07) is 8.04. The predicted octanol–water partition coefficient (Wildman–Crippen LogP) is 3.72. The Kier molecular flexibility index (Phi) is 6.78. The summed E-state index contributed by atoms with van der Waals surface area (Å²) in [4.78, 5) is 11.6. The van der Waals surface area contributed by atoms with Gasteiger partial charge < -0.3 is 5.32 Å². The number of thioether (sulfide) groups is 1. The van der Waals surface area contributed by atoms with Crippen molar-refractivity contribution in [3.05, 3.63) is 29.8 Å². The van der Waals surface area contributed by atoms with E-state index >= 15 is 0 Å². The lowest BCUT2D eigenvalue weighted by atomic mass is 10.1. The lowest BCUT2D eigenvalue weighted by Gasteiger charge is -2.05. The van der Waals surface area contributed by atoms with Crippen molar-refractivity contribution in [3.8, 4) is 0 Å². The van der Waals surface area contributed by atoms with Crippen LogP contribution in [0.3, 0.4) is 0 Å². The van der Waals surface area contributed by atoms with Crippen LogP contribution < -0.4 is 5.32 Å². The smallest absolute Gasteiger partial charge is 0.234 e. The largest absolute Gasteiger partial charge is 0.325 e. The fourth-order valence-corrected chi connectivity index (χ4v) is 2.33. The van der Waals surface area contributed by atoms with Crippen LogP contribution in [-0.4, -0.2) is 17.4 Å². The van der Waals surface area contributed by atoms with Gasteiger partial charge in [0.15, 0.2) is 0 Å². The van der Waals surface area contributed by atoms with Crippen molar-refractivity contribution in [2.24, 2.45) is 0 Å². The lowest BCUT2D eigenvalue weighted by Crippen LogP contribution is -2.14. The van der Waals surface area contributed by atoms with Crippen molar-refractivity contribution in [1.29, 1.82) is 0 Å². The number of aryl methyl sites for hydroxylation is 1. The van der Waals surface area contributed by atoms with Crippen LogP contribution >= 0.6 is 11.8 Å². The Hall–Kier alpha value is -0.960. The standard InChI is InChI=1S/C14H21NOS/c1-3-5-10-17-11-14(16)15-13-8-6-12(4-2)7-9-13/h6-9H,3-5,10-11H2,1-2H3,(H,15,16). The molecule has 1 amide bonds. The van der Waals surface area contributed by atoms with Crippen LogP contribution in [-0.2, 0) is 11.2 Å². The molecule has 3 heteroatoms. The topological polar surface area (TPSA) is 29.1 Å². The molecule has 0 aliphatic carbocycles. The Balaban J connectivity index is 2.29. The quantitative estimate of drug-likeness (QED) is 0.748. The number of nitrogens with one attached hydrogen (secondary N) is 1. The van der Waals surface area contributed by atoms with Gasteiger partial charge in [0.1, 0.15) is 0 Å². The third kappa shape index (κ3) is 5.78. The van der Waals surface area contributed by atoms with Gasteiger partial charge in [-0.05, 0) is 36.3 Å². The molecular formula is C14H21NOS. The molecule has 0 radical (unpaired) electrons. The van der Waals surface area contributed by atoms with E-state index in [1.54, 1.807) is 11.8 Å². The molecule has 1 aromatic rings. The minimum absolute atomic E-state index is 0.0929. The summed E-state index contributed by atoms with van der Waals surface area (Å²) < 4.78 is 0. The number of carbonyl (C=O) groups is 1. The number of benzene rings is 1. The Morgan fingerprint density at radius 2 is 1.94 bits per heavy atom. The van der Waals surface area contributed by atoms with Gasteiger partial charge in [-0.25, -0.2) is 0 Å². The first kappa shape index (κ1) is 14.1. The Morgan fingerprint density at radius 3 is 2.53 bits per heavy atom. The highest BCUT2D eigenvalue weighted by Crippen LogP contribution is 2.11. The van der Waals surface area contributed by atoms with Gasteiger partial charge in [0.25, 0.3) is 0 Å². The van der Waals surface area contributed by atoms with E-state index in [1.807, 2.05) is 12.1 Å². The third-order valence-corrected chi connectivity index (χ3v) is 3.56. The third-order valence-electron chi connectivity index (χ3n) is 2.52. The average molecular weight is 251 g/mol. The van der Waals surface area contributed by atoms with E-state index in [2.05, 4.69) is 31.3 Å². The van der Waals surface area contributed by atoms with E-state index in [0.29, 0.717) is 5.75 Å². The summed E-state index contributed by atoms with van der Waals surface area (Å²) in [5.74, 6) is 1.71. The second-order valence-corrected chi connectivity index (χ2v) is 5.11. The summed E-state index contributed by atoms with van der Waals surface area (Å²) >= 11 is 1.70. The first-order chi connectivity index (χ1) is 8.26. The molecule has 0 saturated heterocycles. The number of hydrogen-bond acceptors (Lipinski definition) is 2. The van der Waals surface area contributed by atoms with Gasteiger partial charge in [-0.3, -0.25) is 4.79 Å². The molecule has 2 nitrogen and oxygen atoms in total. The van der Waals surface area contributed by atoms with E-state index in [0.717, 1.165) is 17.9 Å². The summed E-state index contributed by atoms with van der Waals surface area (Å²) in [5, 5.41) is 2.91. The van der Waals surface area contributed by atoms with E-state index in [1.165, 1.54) is 18.4 Å². The molecule has 1 aromatic carbocycles. The Labute approximate surface area is 108 Å². The fourth-order valence-electron chi connectivity index (χ4n) is 1.43. The van der Waals surface area contributed by atoms with E-state index in [4.69, 9.17) is 0 Å². The maximum Gasteiger partial charge on any atom is 0.234 e. The van der Waals surface area contributed by atoms with Gasteiger partial charge in [-0.2, -0.15) is 11.8 Å². The van der Waals surface area contributed by atoms with E-state index in [9.17, 15) is 4.79 Å². The maximum absolute atomic E-state index is 11.6. The highest BCUT2D eigenvalue weighted by atomic mass is 32.2. The van der Waals surface area contributed by atoms with Crippen molar-refractivity contribution >= 4 is 23.4 Å². The van der Waals surface area contributed by atoms with Crippen molar-refractivity contribution < 1.29 is 4.79 Å². The zero-order chi connectivity index (χ0) is 12.5. The highest BCUT2D eigenvalue weighted by Gasteiger charge is 2.02. The second-order valence-electron chi connectivity index (χ2n) is 4.00. The highest BCUT2D eigenvalue weighted by molar-refractivity contribution is 7.99. The van der Waals surface area contributed by atoms with Crippen molar-refractivity contribution in [2.45, 2.75) is 33.1 Å². The van der Waals surface area contributed by atoms with Crippen molar-refractivity contribution in [3.63, 3.8) is 0 Å². The number of unbranched alkanes of at least 4 members (excludes halogenated alkanes) is 1. The molecule has 0 saturated carbocycles. The molecule has 0 aliphatic rings. The molecule has 17 heavy (non-hydrogen) atoms. The molecule has 1 N–H and O–H groups in total. The first-order valence-corrected chi connectivity index (χ1v) is 7.38.